The fourth-order valence-corrected chi connectivity index (χ4v) is 3.44. The molecule has 1 aliphatic heterocycles. The monoisotopic (exact) mass is 285 g/mol. The summed E-state index contributed by atoms with van der Waals surface area (Å²) in [6.07, 6.45) is 2.41. The van der Waals surface area contributed by atoms with Crippen LogP contribution in [0.4, 0.5) is 0 Å². The van der Waals surface area contributed by atoms with Gasteiger partial charge in [-0.15, -0.1) is 0 Å². The molecule has 1 aliphatic rings. The lowest BCUT2D eigenvalue weighted by Gasteiger charge is -2.25. The van der Waals surface area contributed by atoms with Crippen molar-refractivity contribution in [2.24, 2.45) is 7.05 Å². The topological polar surface area (TPSA) is 30.3 Å². The van der Waals surface area contributed by atoms with Crippen molar-refractivity contribution in [3.63, 3.8) is 0 Å². The first-order valence-electron chi connectivity index (χ1n) is 7.56. The quantitative estimate of drug-likeness (QED) is 0.865. The van der Waals surface area contributed by atoms with E-state index in [9.17, 15) is 0 Å². The molecule has 21 heavy (non-hydrogen) atoms. The highest BCUT2D eigenvalue weighted by Crippen LogP contribution is 2.39. The fraction of sp³-hybridized carbons (Fsp3) is 0.471. The number of methoxy groups -OCH3 is 1. The normalized spacial score (nSPS) is 19.1. The fourth-order valence-electron chi connectivity index (χ4n) is 3.44. The maximum absolute atomic E-state index is 5.58. The molecule has 1 saturated heterocycles. The van der Waals surface area contributed by atoms with Gasteiger partial charge in [-0.1, -0.05) is 30.3 Å². The van der Waals surface area contributed by atoms with E-state index in [1.807, 2.05) is 11.7 Å². The van der Waals surface area contributed by atoms with Crippen molar-refractivity contribution in [3.8, 4) is 5.88 Å². The summed E-state index contributed by atoms with van der Waals surface area (Å²) in [5.41, 5.74) is 3.71. The Bertz CT molecular complexity index is 606. The molecule has 1 aromatic carbocycles. The van der Waals surface area contributed by atoms with Gasteiger partial charge in [0.15, 0.2) is 0 Å². The van der Waals surface area contributed by atoms with E-state index in [0.29, 0.717) is 6.04 Å². The molecular formula is C17H23N3O. The number of ether oxygens (including phenoxy) is 1. The van der Waals surface area contributed by atoms with Crippen LogP contribution in [0.1, 0.15) is 35.7 Å². The number of nitrogens with zero attached hydrogens (tertiary/aromatic N) is 3. The van der Waals surface area contributed by atoms with E-state index in [1.165, 1.54) is 24.0 Å². The molecule has 0 unspecified atom stereocenters. The van der Waals surface area contributed by atoms with Crippen LogP contribution in [0.2, 0.25) is 0 Å². The number of hydrogen-bond acceptors (Lipinski definition) is 3. The minimum atomic E-state index is 0.411. The number of rotatable bonds is 4. The Labute approximate surface area is 126 Å². The van der Waals surface area contributed by atoms with E-state index in [-0.39, 0.29) is 0 Å². The molecule has 4 heteroatoms. The van der Waals surface area contributed by atoms with Crippen molar-refractivity contribution in [1.29, 1.82) is 0 Å². The van der Waals surface area contributed by atoms with Crippen LogP contribution in [-0.4, -0.2) is 28.3 Å². The van der Waals surface area contributed by atoms with Crippen molar-refractivity contribution < 1.29 is 4.74 Å². The molecule has 3 rings (SSSR count). The molecule has 0 spiro atoms. The number of likely N-dealkylation sites (tertiary alicyclic amines) is 1. The standard InChI is InChI=1S/C17H23N3O/c1-13-16(17(21-3)19(2)18-13)15-10-7-11-20(15)12-14-8-5-4-6-9-14/h4-6,8-9,15H,7,10-12H2,1-3H3/t15-/m0/s1. The van der Waals surface area contributed by atoms with Gasteiger partial charge in [0.05, 0.1) is 18.4 Å². The van der Waals surface area contributed by atoms with Crippen molar-refractivity contribution >= 4 is 0 Å². The smallest absolute Gasteiger partial charge is 0.216 e. The number of hydrogen-bond donors (Lipinski definition) is 0. The summed E-state index contributed by atoms with van der Waals surface area (Å²) in [4.78, 5) is 2.54. The predicted octanol–water partition coefficient (Wildman–Crippen LogP) is 3.07. The van der Waals surface area contributed by atoms with E-state index >= 15 is 0 Å². The second-order valence-electron chi connectivity index (χ2n) is 5.75. The third-order valence-corrected chi connectivity index (χ3v) is 4.33. The SMILES string of the molecule is COc1c([C@@H]2CCCN2Cc2ccccc2)c(C)nn1C. The van der Waals surface area contributed by atoms with Gasteiger partial charge in [-0.3, -0.25) is 4.90 Å². The van der Waals surface area contributed by atoms with E-state index in [1.54, 1.807) is 7.11 Å². The summed E-state index contributed by atoms with van der Waals surface area (Å²) in [6.45, 7) is 4.21. The summed E-state index contributed by atoms with van der Waals surface area (Å²) in [7, 11) is 3.68. The van der Waals surface area contributed by atoms with Gasteiger partial charge in [-0.05, 0) is 31.9 Å². The molecule has 0 N–H and O–H groups in total. The summed E-state index contributed by atoms with van der Waals surface area (Å²) < 4.78 is 7.43. The average Bonchev–Trinajstić information content (AvgIpc) is 3.03. The highest BCUT2D eigenvalue weighted by Gasteiger charge is 2.31. The molecule has 1 atom stereocenters. The second kappa shape index (κ2) is 5.90. The molecule has 112 valence electrons. The molecule has 0 bridgehead atoms. The van der Waals surface area contributed by atoms with Crippen LogP contribution in [0.15, 0.2) is 30.3 Å². The van der Waals surface area contributed by atoms with Crippen LogP contribution >= 0.6 is 0 Å². The first-order valence-corrected chi connectivity index (χ1v) is 7.56. The second-order valence-corrected chi connectivity index (χ2v) is 5.75. The summed E-state index contributed by atoms with van der Waals surface area (Å²) >= 11 is 0. The Morgan fingerprint density at radius 2 is 2.05 bits per heavy atom. The Hall–Kier alpha value is -1.81. The predicted molar refractivity (Wildman–Crippen MR) is 83.3 cm³/mol. The highest BCUT2D eigenvalue weighted by atomic mass is 16.5. The van der Waals surface area contributed by atoms with Gasteiger partial charge in [0.1, 0.15) is 0 Å². The van der Waals surface area contributed by atoms with Gasteiger partial charge in [-0.2, -0.15) is 5.10 Å². The van der Waals surface area contributed by atoms with Crippen LogP contribution in [0.25, 0.3) is 0 Å². The average molecular weight is 285 g/mol. The molecule has 0 aliphatic carbocycles. The van der Waals surface area contributed by atoms with Gasteiger partial charge in [0.2, 0.25) is 5.88 Å². The number of benzene rings is 1. The van der Waals surface area contributed by atoms with Crippen molar-refractivity contribution in [2.75, 3.05) is 13.7 Å². The van der Waals surface area contributed by atoms with Crippen LogP contribution < -0.4 is 4.74 Å². The van der Waals surface area contributed by atoms with Crippen molar-refractivity contribution in [2.45, 2.75) is 32.4 Å². The van der Waals surface area contributed by atoms with Gasteiger partial charge in [0.25, 0.3) is 0 Å². The zero-order chi connectivity index (χ0) is 14.8. The summed E-state index contributed by atoms with van der Waals surface area (Å²) in [6, 6.07) is 11.1. The number of aromatic nitrogens is 2. The first kappa shape index (κ1) is 14.1. The zero-order valence-corrected chi connectivity index (χ0v) is 13.0. The minimum Gasteiger partial charge on any atom is -0.481 e. The molecular weight excluding hydrogens is 262 g/mol. The molecule has 0 saturated carbocycles. The maximum atomic E-state index is 5.58. The molecule has 2 aromatic rings. The summed E-state index contributed by atoms with van der Waals surface area (Å²) in [5.74, 6) is 0.900. The van der Waals surface area contributed by atoms with Gasteiger partial charge in [-0.25, -0.2) is 4.68 Å². The largest absolute Gasteiger partial charge is 0.481 e. The van der Waals surface area contributed by atoms with E-state index in [4.69, 9.17) is 4.74 Å². The van der Waals surface area contributed by atoms with Crippen LogP contribution in [0.5, 0.6) is 5.88 Å². The maximum Gasteiger partial charge on any atom is 0.216 e. The van der Waals surface area contributed by atoms with E-state index in [2.05, 4.69) is 47.3 Å². The van der Waals surface area contributed by atoms with Gasteiger partial charge in [0, 0.05) is 19.6 Å². The van der Waals surface area contributed by atoms with E-state index in [0.717, 1.165) is 24.7 Å². The first-order chi connectivity index (χ1) is 10.2. The van der Waals surface area contributed by atoms with E-state index < -0.39 is 0 Å². The zero-order valence-electron chi connectivity index (χ0n) is 13.0. The molecule has 0 amide bonds. The third-order valence-electron chi connectivity index (χ3n) is 4.33. The lowest BCUT2D eigenvalue weighted by Crippen LogP contribution is -2.23. The van der Waals surface area contributed by atoms with Crippen LogP contribution in [0, 0.1) is 6.92 Å². The van der Waals surface area contributed by atoms with Crippen molar-refractivity contribution in [3.05, 3.63) is 47.2 Å². The molecule has 4 nitrogen and oxygen atoms in total. The van der Waals surface area contributed by atoms with Crippen LogP contribution in [0.3, 0.4) is 0 Å². The van der Waals surface area contributed by atoms with Gasteiger partial charge >= 0.3 is 0 Å². The Balaban J connectivity index is 1.87. The molecule has 1 aromatic heterocycles. The number of aryl methyl sites for hydroxylation is 2. The lowest BCUT2D eigenvalue weighted by molar-refractivity contribution is 0.241. The Morgan fingerprint density at radius 3 is 2.76 bits per heavy atom. The summed E-state index contributed by atoms with van der Waals surface area (Å²) in [5, 5.41) is 4.53. The van der Waals surface area contributed by atoms with Crippen molar-refractivity contribution in [1.82, 2.24) is 14.7 Å². The highest BCUT2D eigenvalue weighted by molar-refractivity contribution is 5.35. The van der Waals surface area contributed by atoms with Gasteiger partial charge < -0.3 is 4.74 Å². The third kappa shape index (κ3) is 2.68. The Morgan fingerprint density at radius 1 is 1.29 bits per heavy atom. The lowest BCUT2D eigenvalue weighted by atomic mass is 10.0. The molecule has 2 heterocycles. The Kier molecular flexibility index (Phi) is 3.97. The molecule has 1 fully saturated rings. The minimum absolute atomic E-state index is 0.411. The van der Waals surface area contributed by atoms with Crippen LogP contribution in [-0.2, 0) is 13.6 Å². The molecule has 0 radical (unpaired) electrons.